The van der Waals surface area contributed by atoms with Crippen molar-refractivity contribution in [2.45, 2.75) is 27.7 Å². The van der Waals surface area contributed by atoms with Crippen LogP contribution in [-0.2, 0) is 21.7 Å². The maximum absolute atomic E-state index is 3.64. The second-order valence-corrected chi connectivity index (χ2v) is 3.61. The minimum atomic E-state index is 0. The zero-order valence-corrected chi connectivity index (χ0v) is 12.4. The van der Waals surface area contributed by atoms with Crippen LogP contribution in [0.5, 0.6) is 0 Å². The van der Waals surface area contributed by atoms with Crippen molar-refractivity contribution in [3.63, 3.8) is 0 Å². The van der Waals surface area contributed by atoms with Gasteiger partial charge in [0.2, 0.25) is 0 Å². The monoisotopic (exact) mass is 267 g/mol. The Morgan fingerprint density at radius 3 is 1.46 bits per heavy atom. The zero-order chi connectivity index (χ0) is 7.89. The van der Waals surface area contributed by atoms with Gasteiger partial charge in [0.05, 0.1) is 10.2 Å². The van der Waals surface area contributed by atoms with Crippen LogP contribution < -0.4 is 24.8 Å². The maximum atomic E-state index is 3.64. The third-order valence-electron chi connectivity index (χ3n) is 2.64. The molecule has 0 fully saturated rings. The van der Waals surface area contributed by atoms with E-state index >= 15 is 0 Å². The van der Waals surface area contributed by atoms with E-state index in [1.54, 1.807) is 0 Å². The van der Waals surface area contributed by atoms with Crippen molar-refractivity contribution >= 4 is 10.2 Å². The molecule has 1 aliphatic carbocycles. The first-order chi connectivity index (χ1) is 4.55. The van der Waals surface area contributed by atoms with Crippen molar-refractivity contribution in [1.29, 1.82) is 0 Å². The van der Waals surface area contributed by atoms with Crippen LogP contribution in [0.1, 0.15) is 27.7 Å². The Hall–Kier alpha value is 0.991. The third-order valence-corrected chi connectivity index (χ3v) is 3.45. The van der Waals surface area contributed by atoms with Crippen LogP contribution in [0.25, 0.3) is 0 Å². The Labute approximate surface area is 112 Å². The van der Waals surface area contributed by atoms with Crippen molar-refractivity contribution in [2.75, 3.05) is 0 Å². The fourth-order valence-corrected chi connectivity index (χ4v) is 1.77. The van der Waals surface area contributed by atoms with Crippen LogP contribution in [0.15, 0.2) is 21.9 Å². The van der Waals surface area contributed by atoms with Crippen LogP contribution in [0.4, 0.5) is 0 Å². The molecule has 0 amide bonds. The fraction of sp³-hybridized carbons (Fsp3) is 0.556. The van der Waals surface area contributed by atoms with Crippen molar-refractivity contribution in [2.24, 2.45) is 5.92 Å². The Balaban J connectivity index is -0.000000333. The van der Waals surface area contributed by atoms with Gasteiger partial charge < -0.3 is 24.8 Å². The molecule has 1 rings (SSSR count). The van der Waals surface area contributed by atoms with Gasteiger partial charge in [-0.2, -0.15) is 0 Å². The molecule has 1 aliphatic rings. The van der Waals surface area contributed by atoms with Crippen LogP contribution in [0.3, 0.4) is 0 Å². The summed E-state index contributed by atoms with van der Waals surface area (Å²) in [5, 5.41) is 1.36. The topological polar surface area (TPSA) is 0 Å². The minimum absolute atomic E-state index is 0. The van der Waals surface area contributed by atoms with E-state index in [2.05, 4.69) is 37.9 Å². The predicted molar refractivity (Wildman–Crippen MR) is 46.0 cm³/mol. The summed E-state index contributed by atoms with van der Waals surface area (Å²) in [5.74, 6) is 0.608. The Morgan fingerprint density at radius 2 is 1.38 bits per heavy atom. The molecule has 0 N–H and O–H groups in total. The molecule has 1 atom stereocenters. The second kappa shape index (κ2) is 7.30. The average Bonchev–Trinajstić information content (AvgIpc) is 2.07. The molecule has 0 spiro atoms. The molecule has 0 nitrogen and oxygen atoms in total. The van der Waals surface area contributed by atoms with E-state index in [-0.39, 0.29) is 46.5 Å². The molecule has 0 saturated heterocycles. The van der Waals surface area contributed by atoms with Gasteiger partial charge in [0.25, 0.3) is 0 Å². The summed E-state index contributed by atoms with van der Waals surface area (Å²) in [6.45, 7) is 8.80. The molecule has 0 aromatic carbocycles. The first kappa shape index (κ1) is 19.5. The second-order valence-electron chi connectivity index (χ2n) is 3.07. The Bertz CT molecular complexity index is 210. The summed E-state index contributed by atoms with van der Waals surface area (Å²) >= 11 is 0. The Kier molecular flexibility index (Phi) is 11.0. The van der Waals surface area contributed by atoms with Gasteiger partial charge in [-0.05, 0) is 32.3 Å². The van der Waals surface area contributed by atoms with E-state index in [1.165, 1.54) is 21.9 Å². The van der Waals surface area contributed by atoms with Crippen molar-refractivity contribution < 1.29 is 46.5 Å². The smallest absolute Gasteiger partial charge is 1.00 e. The first-order valence-electron chi connectivity index (χ1n) is 3.65. The zero-order valence-electron chi connectivity index (χ0n) is 8.33. The molecule has 71 valence electrons. The molecular weight excluding hydrogens is 255 g/mol. The minimum Gasteiger partial charge on any atom is -1.00 e. The van der Waals surface area contributed by atoms with Crippen LogP contribution in [0.2, 0.25) is 0 Å². The molecule has 1 unspecified atom stereocenters. The molecule has 4 heteroatoms. The van der Waals surface area contributed by atoms with Gasteiger partial charge in [-0.1, -0.05) is 23.3 Å². The van der Waals surface area contributed by atoms with Gasteiger partial charge in [-0.3, -0.25) is 0 Å². The molecule has 0 aliphatic heterocycles. The molecule has 13 heavy (non-hydrogen) atoms. The molecule has 0 bridgehead atoms. The SMILES string of the molecule is CC1=C(C)C(C)C([Si])=C1C.[Cl-].[Cl-].[Ti+2]. The molecule has 0 aromatic heterocycles. The molecular formula is C9H13Cl2SiTi. The summed E-state index contributed by atoms with van der Waals surface area (Å²) in [4.78, 5) is 0. The predicted octanol–water partition coefficient (Wildman–Crippen LogP) is -3.58. The Morgan fingerprint density at radius 1 is 1.00 bits per heavy atom. The van der Waals surface area contributed by atoms with Crippen molar-refractivity contribution in [3.8, 4) is 0 Å². The van der Waals surface area contributed by atoms with Gasteiger partial charge in [-0.15, -0.1) is 0 Å². The number of halogens is 2. The average molecular weight is 268 g/mol. The third kappa shape index (κ3) is 3.56. The molecule has 0 heterocycles. The van der Waals surface area contributed by atoms with E-state index < -0.39 is 0 Å². The van der Waals surface area contributed by atoms with Gasteiger partial charge in [-0.25, -0.2) is 0 Å². The van der Waals surface area contributed by atoms with E-state index in [1.807, 2.05) is 0 Å². The maximum Gasteiger partial charge on any atom is 2.00 e. The normalized spacial score (nSPS) is 20.5. The largest absolute Gasteiger partial charge is 2.00 e. The van der Waals surface area contributed by atoms with E-state index in [0.717, 1.165) is 0 Å². The summed E-state index contributed by atoms with van der Waals surface area (Å²) < 4.78 is 0. The van der Waals surface area contributed by atoms with Crippen LogP contribution in [-0.4, -0.2) is 10.2 Å². The molecule has 0 aromatic rings. The first-order valence-corrected chi connectivity index (χ1v) is 4.15. The van der Waals surface area contributed by atoms with Gasteiger partial charge in [0, 0.05) is 0 Å². The number of hydrogen-bond donors (Lipinski definition) is 0. The number of rotatable bonds is 0. The number of allylic oxidation sites excluding steroid dienone is 4. The van der Waals surface area contributed by atoms with Gasteiger partial charge >= 0.3 is 21.7 Å². The van der Waals surface area contributed by atoms with Crippen molar-refractivity contribution in [1.82, 2.24) is 0 Å². The molecule has 3 radical (unpaired) electrons. The standard InChI is InChI=1S/C9H13Si.2ClH.Ti/c1-5-6(2)8(4)9(10)7(5)3;;;/h7H,1-4H3;2*1H;/q;;;+2/p-2. The summed E-state index contributed by atoms with van der Waals surface area (Å²) in [6, 6.07) is 0. The molecule has 0 saturated carbocycles. The fourth-order valence-electron chi connectivity index (χ4n) is 1.36. The summed E-state index contributed by atoms with van der Waals surface area (Å²) in [6.07, 6.45) is 0. The van der Waals surface area contributed by atoms with Crippen LogP contribution >= 0.6 is 0 Å². The summed E-state index contributed by atoms with van der Waals surface area (Å²) in [7, 11) is 3.64. The summed E-state index contributed by atoms with van der Waals surface area (Å²) in [5.41, 5.74) is 4.38. The van der Waals surface area contributed by atoms with Gasteiger partial charge in [0.15, 0.2) is 0 Å². The quantitative estimate of drug-likeness (QED) is 0.399. The van der Waals surface area contributed by atoms with E-state index in [0.29, 0.717) is 5.92 Å². The van der Waals surface area contributed by atoms with Gasteiger partial charge in [0.1, 0.15) is 0 Å². The van der Waals surface area contributed by atoms with Crippen LogP contribution in [0, 0.1) is 5.92 Å². The number of hydrogen-bond acceptors (Lipinski definition) is 0. The van der Waals surface area contributed by atoms with Crippen molar-refractivity contribution in [3.05, 3.63) is 21.9 Å². The van der Waals surface area contributed by atoms with E-state index in [4.69, 9.17) is 0 Å². The van der Waals surface area contributed by atoms with E-state index in [9.17, 15) is 0 Å².